The number of carbonyl (C=O) groups excluding carboxylic acids is 2. The summed E-state index contributed by atoms with van der Waals surface area (Å²) in [6.45, 7) is -0.192. The lowest BCUT2D eigenvalue weighted by molar-refractivity contribution is -0.135. The average molecular weight is 376 g/mol. The first-order chi connectivity index (χ1) is 13.7. The maximum absolute atomic E-state index is 12.2. The van der Waals surface area contributed by atoms with E-state index in [2.05, 4.69) is 25.5 Å². The van der Waals surface area contributed by atoms with E-state index in [0.717, 1.165) is 10.6 Å². The molecule has 3 heterocycles. The van der Waals surface area contributed by atoms with Crippen molar-refractivity contribution in [3.05, 3.63) is 60.7 Å². The van der Waals surface area contributed by atoms with Crippen molar-refractivity contribution in [2.75, 3.05) is 11.9 Å². The lowest BCUT2D eigenvalue weighted by Gasteiger charge is -2.21. The summed E-state index contributed by atoms with van der Waals surface area (Å²) in [5.41, 5.74) is 1.89. The Morgan fingerprint density at radius 2 is 1.89 bits per heavy atom. The smallest absolute Gasteiger partial charge is 0.274 e. The molecule has 1 aliphatic heterocycles. The third-order valence-corrected chi connectivity index (χ3v) is 4.07. The summed E-state index contributed by atoms with van der Waals surface area (Å²) in [4.78, 5) is 32.7. The molecule has 0 fully saturated rings. The average Bonchev–Trinajstić information content (AvgIpc) is 3.21. The number of pyridine rings is 1. The van der Waals surface area contributed by atoms with Gasteiger partial charge in [-0.3, -0.25) is 14.6 Å². The maximum Gasteiger partial charge on any atom is 0.274 e. The number of nitrogens with one attached hydrogen (secondary N) is 1. The minimum Gasteiger partial charge on any atom is -0.332 e. The topological polar surface area (TPSA) is 114 Å². The van der Waals surface area contributed by atoms with Crippen LogP contribution >= 0.6 is 0 Å². The van der Waals surface area contributed by atoms with Crippen LogP contribution in [0.15, 0.2) is 64.5 Å². The highest BCUT2D eigenvalue weighted by Crippen LogP contribution is 2.18. The van der Waals surface area contributed by atoms with Crippen molar-refractivity contribution in [1.82, 2.24) is 20.1 Å². The minimum atomic E-state index is -0.340. The van der Waals surface area contributed by atoms with E-state index in [4.69, 9.17) is 4.52 Å². The van der Waals surface area contributed by atoms with Gasteiger partial charge in [-0.25, -0.2) is 5.01 Å². The first-order valence-electron chi connectivity index (χ1n) is 8.66. The van der Waals surface area contributed by atoms with Crippen molar-refractivity contribution in [2.24, 2.45) is 5.10 Å². The number of carbonyl (C=O) groups is 2. The number of rotatable bonds is 5. The predicted octanol–water partition coefficient (Wildman–Crippen LogP) is 2.10. The van der Waals surface area contributed by atoms with Gasteiger partial charge in [-0.05, 0) is 24.3 Å². The molecule has 1 aliphatic rings. The van der Waals surface area contributed by atoms with Gasteiger partial charge in [-0.15, -0.1) is 0 Å². The molecule has 0 saturated heterocycles. The summed E-state index contributed by atoms with van der Waals surface area (Å²) in [7, 11) is 0. The Kier molecular flexibility index (Phi) is 4.87. The molecule has 0 bridgehead atoms. The summed E-state index contributed by atoms with van der Waals surface area (Å²) in [6, 6.07) is 12.5. The molecular formula is C19H16N6O3. The monoisotopic (exact) mass is 376 g/mol. The second kappa shape index (κ2) is 7.78. The third-order valence-electron chi connectivity index (χ3n) is 4.07. The fourth-order valence-electron chi connectivity index (χ4n) is 2.70. The Morgan fingerprint density at radius 1 is 1.11 bits per heavy atom. The molecule has 28 heavy (non-hydrogen) atoms. The van der Waals surface area contributed by atoms with Crippen LogP contribution in [-0.4, -0.2) is 44.2 Å². The van der Waals surface area contributed by atoms with Gasteiger partial charge < -0.3 is 9.84 Å². The molecular weight excluding hydrogens is 360 g/mol. The van der Waals surface area contributed by atoms with Gasteiger partial charge in [0.05, 0.1) is 0 Å². The fraction of sp³-hybridized carbons (Fsp3) is 0.158. The van der Waals surface area contributed by atoms with Crippen molar-refractivity contribution in [3.63, 3.8) is 0 Å². The second-order valence-electron chi connectivity index (χ2n) is 6.07. The first-order valence-corrected chi connectivity index (χ1v) is 8.66. The maximum atomic E-state index is 12.2. The summed E-state index contributed by atoms with van der Waals surface area (Å²) in [5, 5.41) is 12.1. The van der Waals surface area contributed by atoms with Crippen molar-refractivity contribution in [2.45, 2.75) is 12.8 Å². The lowest BCUT2D eigenvalue weighted by Crippen LogP contribution is -2.38. The number of para-hydroxylation sites is 1. The van der Waals surface area contributed by atoms with E-state index in [1.807, 2.05) is 18.2 Å². The zero-order valence-corrected chi connectivity index (χ0v) is 14.8. The molecule has 4 rings (SSSR count). The van der Waals surface area contributed by atoms with E-state index in [0.29, 0.717) is 23.6 Å². The molecule has 0 radical (unpaired) electrons. The van der Waals surface area contributed by atoms with Crippen LogP contribution in [0.2, 0.25) is 0 Å². The predicted molar refractivity (Wildman–Crippen MR) is 100 cm³/mol. The number of amides is 2. The highest BCUT2D eigenvalue weighted by molar-refractivity contribution is 6.02. The van der Waals surface area contributed by atoms with Crippen LogP contribution in [0.5, 0.6) is 0 Å². The second-order valence-corrected chi connectivity index (χ2v) is 6.07. The van der Waals surface area contributed by atoms with Gasteiger partial charge in [-0.2, -0.15) is 10.1 Å². The summed E-state index contributed by atoms with van der Waals surface area (Å²) in [6.07, 6.45) is 3.85. The van der Waals surface area contributed by atoms with Crippen LogP contribution in [-0.2, 0) is 9.59 Å². The van der Waals surface area contributed by atoms with Crippen LogP contribution in [0.4, 0.5) is 5.69 Å². The molecule has 0 aliphatic carbocycles. The molecule has 3 aromatic rings. The van der Waals surface area contributed by atoms with Gasteiger partial charge >= 0.3 is 0 Å². The number of nitrogens with zero attached hydrogens (tertiary/aromatic N) is 5. The van der Waals surface area contributed by atoms with Gasteiger partial charge in [0.1, 0.15) is 12.3 Å². The Bertz CT molecular complexity index is 1020. The third kappa shape index (κ3) is 3.93. The number of hydrazone groups is 1. The van der Waals surface area contributed by atoms with Crippen LogP contribution in [0.3, 0.4) is 0 Å². The van der Waals surface area contributed by atoms with Crippen LogP contribution in [0, 0.1) is 0 Å². The lowest BCUT2D eigenvalue weighted by atomic mass is 10.1. The molecule has 0 spiro atoms. The first kappa shape index (κ1) is 17.5. The van der Waals surface area contributed by atoms with E-state index >= 15 is 0 Å². The molecule has 1 N–H and O–H groups in total. The molecule has 2 amide bonds. The minimum absolute atomic E-state index is 0.192. The zero-order valence-electron chi connectivity index (χ0n) is 14.8. The zero-order chi connectivity index (χ0) is 19.3. The van der Waals surface area contributed by atoms with Gasteiger partial charge in [-0.1, -0.05) is 23.4 Å². The van der Waals surface area contributed by atoms with E-state index in [1.165, 1.54) is 0 Å². The summed E-state index contributed by atoms with van der Waals surface area (Å²) in [5.74, 6) is 0.0616. The fourth-order valence-corrected chi connectivity index (χ4v) is 2.70. The van der Waals surface area contributed by atoms with Gasteiger partial charge in [0, 0.05) is 36.5 Å². The molecule has 0 saturated carbocycles. The molecule has 0 unspecified atom stereocenters. The summed E-state index contributed by atoms with van der Waals surface area (Å²) >= 11 is 0. The van der Waals surface area contributed by atoms with E-state index in [1.54, 1.807) is 36.7 Å². The molecule has 140 valence electrons. The number of benzene rings is 1. The quantitative estimate of drug-likeness (QED) is 0.729. The molecule has 2 aromatic heterocycles. The Balaban J connectivity index is 1.49. The van der Waals surface area contributed by atoms with E-state index in [9.17, 15) is 9.59 Å². The highest BCUT2D eigenvalue weighted by Gasteiger charge is 2.26. The van der Waals surface area contributed by atoms with Crippen LogP contribution in [0.1, 0.15) is 18.7 Å². The van der Waals surface area contributed by atoms with Crippen molar-refractivity contribution in [3.8, 4) is 11.4 Å². The number of aromatic nitrogens is 3. The van der Waals surface area contributed by atoms with E-state index in [-0.39, 0.29) is 30.7 Å². The number of hydrogen-bond donors (Lipinski definition) is 1. The van der Waals surface area contributed by atoms with Crippen LogP contribution in [0.25, 0.3) is 11.4 Å². The van der Waals surface area contributed by atoms with E-state index < -0.39 is 0 Å². The van der Waals surface area contributed by atoms with Gasteiger partial charge in [0.15, 0.2) is 0 Å². The van der Waals surface area contributed by atoms with Crippen molar-refractivity contribution >= 4 is 23.2 Å². The molecule has 9 heteroatoms. The Hall–Kier alpha value is -3.88. The summed E-state index contributed by atoms with van der Waals surface area (Å²) < 4.78 is 5.29. The normalized spacial score (nSPS) is 13.9. The molecule has 0 atom stereocenters. The standard InChI is InChI=1S/C19H16N6O3/c26-16(21-14-4-2-1-3-5-14)12-25-17(27)7-6-15(23-25)19-22-18(24-28-19)13-8-10-20-11-9-13/h1-5,8-11H,6-7,12H2,(H,21,26). The van der Waals surface area contributed by atoms with Gasteiger partial charge in [0.2, 0.25) is 17.6 Å². The number of anilines is 1. The van der Waals surface area contributed by atoms with Crippen LogP contribution < -0.4 is 5.32 Å². The van der Waals surface area contributed by atoms with Crippen molar-refractivity contribution in [1.29, 1.82) is 0 Å². The Morgan fingerprint density at radius 3 is 2.68 bits per heavy atom. The van der Waals surface area contributed by atoms with Crippen molar-refractivity contribution < 1.29 is 14.1 Å². The SMILES string of the molecule is O=C(CN1N=C(c2nc(-c3ccncc3)no2)CCC1=O)Nc1ccccc1. The largest absolute Gasteiger partial charge is 0.332 e. The molecule has 1 aromatic carbocycles. The Labute approximate surface area is 160 Å². The highest BCUT2D eigenvalue weighted by atomic mass is 16.5. The molecule has 9 nitrogen and oxygen atoms in total. The van der Waals surface area contributed by atoms with Gasteiger partial charge in [0.25, 0.3) is 5.89 Å². The number of hydrogen-bond acceptors (Lipinski definition) is 7.